The first kappa shape index (κ1) is 9.81. The summed E-state index contributed by atoms with van der Waals surface area (Å²) in [5, 5.41) is 0. The van der Waals surface area contributed by atoms with Crippen LogP contribution in [-0.4, -0.2) is 9.73 Å². The van der Waals surface area contributed by atoms with Crippen LogP contribution in [0.15, 0.2) is 23.2 Å². The van der Waals surface area contributed by atoms with Crippen LogP contribution in [-0.2, 0) is 0 Å². The average Bonchev–Trinajstić information content (AvgIpc) is 1.91. The minimum absolute atomic E-state index is 0.261. The van der Waals surface area contributed by atoms with E-state index in [4.69, 9.17) is 12.2 Å². The highest BCUT2D eigenvalue weighted by molar-refractivity contribution is 8.00. The molecule has 0 bridgehead atoms. The molecule has 0 aliphatic heterocycles. The van der Waals surface area contributed by atoms with Crippen LogP contribution in [0.1, 0.15) is 20.8 Å². The fourth-order valence-electron chi connectivity index (χ4n) is 0.813. The Morgan fingerprint density at radius 2 is 2.00 bits per heavy atom. The molecular formula is C9H13NS2. The largest absolute Gasteiger partial charge is 0.352 e. The molecule has 0 unspecified atom stereocenters. The lowest BCUT2D eigenvalue weighted by Gasteiger charge is -2.16. The molecule has 1 aromatic heterocycles. The van der Waals surface area contributed by atoms with Crippen LogP contribution in [0.2, 0.25) is 0 Å². The van der Waals surface area contributed by atoms with E-state index in [2.05, 4.69) is 31.8 Å². The zero-order valence-corrected chi connectivity index (χ0v) is 9.18. The SMILES string of the molecule is CC(C)(C)Sc1ccc(=S)[nH]c1. The van der Waals surface area contributed by atoms with E-state index in [1.54, 1.807) is 0 Å². The molecule has 66 valence electrons. The van der Waals surface area contributed by atoms with Gasteiger partial charge in [-0.1, -0.05) is 33.0 Å². The molecule has 12 heavy (non-hydrogen) atoms. The third kappa shape index (κ3) is 3.41. The molecule has 1 rings (SSSR count). The van der Waals surface area contributed by atoms with Crippen molar-refractivity contribution in [2.45, 2.75) is 30.4 Å². The van der Waals surface area contributed by atoms with Gasteiger partial charge in [-0.3, -0.25) is 0 Å². The van der Waals surface area contributed by atoms with Crippen molar-refractivity contribution in [2.24, 2.45) is 0 Å². The Balaban J connectivity index is 2.78. The van der Waals surface area contributed by atoms with Gasteiger partial charge < -0.3 is 4.98 Å². The zero-order valence-electron chi connectivity index (χ0n) is 7.55. The van der Waals surface area contributed by atoms with Gasteiger partial charge in [0.15, 0.2) is 0 Å². The molecule has 3 heteroatoms. The maximum Gasteiger partial charge on any atom is 0.103 e. The second-order valence-electron chi connectivity index (χ2n) is 3.60. The molecule has 1 nitrogen and oxygen atoms in total. The van der Waals surface area contributed by atoms with Gasteiger partial charge in [-0.15, -0.1) is 11.8 Å². The molecule has 0 saturated heterocycles. The van der Waals surface area contributed by atoms with Gasteiger partial charge in [0.1, 0.15) is 4.64 Å². The Labute approximate surface area is 82.6 Å². The number of hydrogen-bond acceptors (Lipinski definition) is 2. The van der Waals surface area contributed by atoms with E-state index in [0.717, 1.165) is 4.64 Å². The summed E-state index contributed by atoms with van der Waals surface area (Å²) in [6, 6.07) is 3.97. The predicted molar refractivity (Wildman–Crippen MR) is 57.2 cm³/mol. The standard InChI is InChI=1S/C9H13NS2/c1-9(2,3)12-7-4-5-8(11)10-6-7/h4-6H,1-3H3,(H,10,11). The van der Waals surface area contributed by atoms with Gasteiger partial charge >= 0.3 is 0 Å². The molecule has 0 spiro atoms. The van der Waals surface area contributed by atoms with E-state index in [-0.39, 0.29) is 4.75 Å². The Morgan fingerprint density at radius 1 is 1.33 bits per heavy atom. The second-order valence-corrected chi connectivity index (χ2v) is 5.94. The smallest absolute Gasteiger partial charge is 0.103 e. The normalized spacial score (nSPS) is 11.6. The summed E-state index contributed by atoms with van der Waals surface area (Å²) < 4.78 is 1.05. The van der Waals surface area contributed by atoms with Crippen molar-refractivity contribution in [3.8, 4) is 0 Å². The lowest BCUT2D eigenvalue weighted by Crippen LogP contribution is -2.06. The van der Waals surface area contributed by atoms with E-state index >= 15 is 0 Å². The van der Waals surface area contributed by atoms with Crippen LogP contribution >= 0.6 is 24.0 Å². The van der Waals surface area contributed by atoms with E-state index < -0.39 is 0 Å². The Bertz CT molecular complexity index is 289. The van der Waals surface area contributed by atoms with Crippen LogP contribution in [0.4, 0.5) is 0 Å². The van der Waals surface area contributed by atoms with Gasteiger partial charge in [0.05, 0.1) is 0 Å². The Kier molecular flexibility index (Phi) is 2.96. The molecule has 0 aliphatic rings. The topological polar surface area (TPSA) is 15.8 Å². The molecule has 0 saturated carbocycles. The molecule has 0 aliphatic carbocycles. The van der Waals surface area contributed by atoms with E-state index in [0.29, 0.717) is 0 Å². The van der Waals surface area contributed by atoms with Crippen LogP contribution < -0.4 is 0 Å². The summed E-state index contributed by atoms with van der Waals surface area (Å²) >= 11 is 6.78. The summed E-state index contributed by atoms with van der Waals surface area (Å²) in [6.07, 6.45) is 1.96. The minimum atomic E-state index is 0.261. The molecule has 0 radical (unpaired) electrons. The third-order valence-electron chi connectivity index (χ3n) is 1.18. The minimum Gasteiger partial charge on any atom is -0.352 e. The van der Waals surface area contributed by atoms with Crippen molar-refractivity contribution < 1.29 is 0 Å². The van der Waals surface area contributed by atoms with Crippen molar-refractivity contribution in [1.82, 2.24) is 4.98 Å². The van der Waals surface area contributed by atoms with Gasteiger partial charge in [0.25, 0.3) is 0 Å². The first-order chi connectivity index (χ1) is 5.47. The van der Waals surface area contributed by atoms with E-state index in [1.165, 1.54) is 4.90 Å². The number of pyridine rings is 1. The average molecular weight is 199 g/mol. The maximum absolute atomic E-state index is 4.95. The van der Waals surface area contributed by atoms with Gasteiger partial charge in [-0.05, 0) is 12.1 Å². The first-order valence-corrected chi connectivity index (χ1v) is 5.08. The molecular weight excluding hydrogens is 186 g/mol. The third-order valence-corrected chi connectivity index (χ3v) is 2.54. The number of H-pyrrole nitrogens is 1. The zero-order chi connectivity index (χ0) is 9.19. The molecule has 1 aromatic rings. The summed E-state index contributed by atoms with van der Waals surface area (Å²) in [4.78, 5) is 4.25. The number of aromatic nitrogens is 1. The second kappa shape index (κ2) is 3.62. The van der Waals surface area contributed by atoms with Crippen molar-refractivity contribution in [1.29, 1.82) is 0 Å². The Morgan fingerprint density at radius 3 is 2.42 bits per heavy atom. The van der Waals surface area contributed by atoms with Gasteiger partial charge in [-0.25, -0.2) is 0 Å². The highest BCUT2D eigenvalue weighted by Gasteiger charge is 2.11. The number of thioether (sulfide) groups is 1. The summed E-state index contributed by atoms with van der Waals surface area (Å²) in [6.45, 7) is 6.58. The predicted octanol–water partition coefficient (Wildman–Crippen LogP) is 3.63. The fourth-order valence-corrected chi connectivity index (χ4v) is 1.90. The number of hydrogen-bond donors (Lipinski definition) is 1. The number of rotatable bonds is 1. The fraction of sp³-hybridized carbons (Fsp3) is 0.444. The van der Waals surface area contributed by atoms with Crippen molar-refractivity contribution >= 4 is 24.0 Å². The molecule has 1 heterocycles. The maximum atomic E-state index is 4.95. The molecule has 1 N–H and O–H groups in total. The lowest BCUT2D eigenvalue weighted by molar-refractivity contribution is 0.802. The quantitative estimate of drug-likeness (QED) is 0.549. The molecule has 0 atom stereocenters. The summed E-state index contributed by atoms with van der Waals surface area (Å²) in [7, 11) is 0. The van der Waals surface area contributed by atoms with Gasteiger partial charge in [0, 0.05) is 15.8 Å². The van der Waals surface area contributed by atoms with Gasteiger partial charge in [0.2, 0.25) is 0 Å². The summed E-state index contributed by atoms with van der Waals surface area (Å²) in [5.41, 5.74) is 0. The highest BCUT2D eigenvalue weighted by Crippen LogP contribution is 2.30. The van der Waals surface area contributed by atoms with Crippen LogP contribution in [0.3, 0.4) is 0 Å². The molecule has 0 fully saturated rings. The number of nitrogens with one attached hydrogen (secondary N) is 1. The monoisotopic (exact) mass is 199 g/mol. The van der Waals surface area contributed by atoms with Crippen LogP contribution in [0.25, 0.3) is 0 Å². The molecule has 0 aromatic carbocycles. The Hall–Kier alpha value is -0.280. The number of aromatic amines is 1. The van der Waals surface area contributed by atoms with Gasteiger partial charge in [-0.2, -0.15) is 0 Å². The van der Waals surface area contributed by atoms with Crippen LogP contribution in [0, 0.1) is 4.64 Å². The lowest BCUT2D eigenvalue weighted by atomic mass is 10.3. The van der Waals surface area contributed by atoms with Crippen molar-refractivity contribution in [2.75, 3.05) is 0 Å². The van der Waals surface area contributed by atoms with Crippen molar-refractivity contribution in [3.63, 3.8) is 0 Å². The van der Waals surface area contributed by atoms with E-state index in [9.17, 15) is 0 Å². The molecule has 0 amide bonds. The summed E-state index contributed by atoms with van der Waals surface area (Å²) in [5.74, 6) is 0. The highest BCUT2D eigenvalue weighted by atomic mass is 32.2. The van der Waals surface area contributed by atoms with E-state index in [1.807, 2.05) is 24.0 Å². The first-order valence-electron chi connectivity index (χ1n) is 3.85. The van der Waals surface area contributed by atoms with Crippen LogP contribution in [0.5, 0.6) is 0 Å². The van der Waals surface area contributed by atoms with Crippen molar-refractivity contribution in [3.05, 3.63) is 23.0 Å².